The number of carbonyl (C=O) groups is 2. The second kappa shape index (κ2) is 12.8. The third-order valence-corrected chi connectivity index (χ3v) is 5.80. The fraction of sp³-hybridized carbons (Fsp3) is 0.231. The average molecular weight is 517 g/mol. The molecule has 10 heteroatoms. The third kappa shape index (κ3) is 7.35. The molecule has 3 aromatic rings. The molecule has 0 spiro atoms. The van der Waals surface area contributed by atoms with Gasteiger partial charge in [-0.25, -0.2) is 4.79 Å². The van der Waals surface area contributed by atoms with Gasteiger partial charge in [0.1, 0.15) is 0 Å². The Labute approximate surface area is 212 Å². The highest BCUT2D eigenvalue weighted by atomic mass is 32.2. The number of ether oxygens (including phenoxy) is 3. The second-order valence-electron chi connectivity index (χ2n) is 7.53. The van der Waals surface area contributed by atoms with Crippen molar-refractivity contribution in [3.8, 4) is 11.5 Å². The van der Waals surface area contributed by atoms with Crippen LogP contribution in [-0.2, 0) is 16.1 Å². The Hall–Kier alpha value is -3.79. The Morgan fingerprint density at radius 2 is 1.64 bits per heavy atom. The van der Waals surface area contributed by atoms with E-state index in [1.165, 1.54) is 21.1 Å². The Morgan fingerprint density at radius 3 is 2.31 bits per heavy atom. The molecule has 0 heterocycles. The van der Waals surface area contributed by atoms with E-state index in [2.05, 4.69) is 10.6 Å². The molecule has 7 nitrogen and oxygen atoms in total. The van der Waals surface area contributed by atoms with Gasteiger partial charge in [-0.05, 0) is 61.0 Å². The van der Waals surface area contributed by atoms with Crippen molar-refractivity contribution in [2.75, 3.05) is 19.5 Å². The third-order valence-electron chi connectivity index (χ3n) is 5.07. The SMILES string of the molecule is COc1ccc(CNC(=O)C(C)OC(=O)c2ccccc2Nc2ccc(SC(F)F)cc2)cc1OC. The van der Waals surface area contributed by atoms with Gasteiger partial charge in [0, 0.05) is 17.1 Å². The molecule has 0 saturated carbocycles. The van der Waals surface area contributed by atoms with Crippen molar-refractivity contribution in [2.45, 2.75) is 30.2 Å². The first-order chi connectivity index (χ1) is 17.3. The normalized spacial score (nSPS) is 11.5. The number of esters is 1. The molecule has 1 atom stereocenters. The quantitative estimate of drug-likeness (QED) is 0.253. The van der Waals surface area contributed by atoms with Gasteiger partial charge in [0.25, 0.3) is 11.7 Å². The molecule has 0 aliphatic heterocycles. The average Bonchev–Trinajstić information content (AvgIpc) is 2.88. The Bertz CT molecular complexity index is 1190. The molecule has 0 aliphatic carbocycles. The summed E-state index contributed by atoms with van der Waals surface area (Å²) in [7, 11) is 3.06. The van der Waals surface area contributed by atoms with Gasteiger partial charge in [-0.1, -0.05) is 30.0 Å². The maximum absolute atomic E-state index is 12.8. The molecule has 1 amide bonds. The first-order valence-corrected chi connectivity index (χ1v) is 11.8. The van der Waals surface area contributed by atoms with Gasteiger partial charge in [0.15, 0.2) is 17.6 Å². The van der Waals surface area contributed by atoms with Gasteiger partial charge in [-0.2, -0.15) is 8.78 Å². The van der Waals surface area contributed by atoms with Crippen molar-refractivity contribution >= 4 is 35.0 Å². The lowest BCUT2D eigenvalue weighted by Crippen LogP contribution is -2.35. The molecule has 0 aromatic heterocycles. The van der Waals surface area contributed by atoms with E-state index < -0.39 is 23.7 Å². The van der Waals surface area contributed by atoms with Crippen LogP contribution in [0, 0.1) is 0 Å². The number of nitrogens with one attached hydrogen (secondary N) is 2. The minimum Gasteiger partial charge on any atom is -0.493 e. The van der Waals surface area contributed by atoms with Crippen molar-refractivity contribution in [1.29, 1.82) is 0 Å². The Kier molecular flexibility index (Phi) is 9.52. The van der Waals surface area contributed by atoms with Crippen molar-refractivity contribution in [2.24, 2.45) is 0 Å². The summed E-state index contributed by atoms with van der Waals surface area (Å²) in [6.07, 6.45) is -1.05. The zero-order chi connectivity index (χ0) is 26.1. The van der Waals surface area contributed by atoms with E-state index in [9.17, 15) is 18.4 Å². The molecule has 3 rings (SSSR count). The molecule has 190 valence electrons. The second-order valence-corrected chi connectivity index (χ2v) is 8.59. The van der Waals surface area contributed by atoms with Gasteiger partial charge in [0.05, 0.1) is 25.5 Å². The van der Waals surface area contributed by atoms with E-state index in [4.69, 9.17) is 14.2 Å². The van der Waals surface area contributed by atoms with E-state index in [-0.39, 0.29) is 12.1 Å². The molecule has 36 heavy (non-hydrogen) atoms. The Morgan fingerprint density at radius 1 is 0.944 bits per heavy atom. The molecule has 2 N–H and O–H groups in total. The predicted molar refractivity (Wildman–Crippen MR) is 134 cm³/mol. The van der Waals surface area contributed by atoms with Crippen molar-refractivity contribution < 1.29 is 32.6 Å². The minimum absolute atomic E-state index is 0.207. The highest BCUT2D eigenvalue weighted by Gasteiger charge is 2.21. The predicted octanol–water partition coefficient (Wildman–Crippen LogP) is 5.62. The lowest BCUT2D eigenvalue weighted by atomic mass is 10.1. The lowest BCUT2D eigenvalue weighted by Gasteiger charge is -2.16. The Balaban J connectivity index is 1.60. The first kappa shape index (κ1) is 26.8. The van der Waals surface area contributed by atoms with Crippen LogP contribution >= 0.6 is 11.8 Å². The summed E-state index contributed by atoms with van der Waals surface area (Å²) < 4.78 is 40.9. The van der Waals surface area contributed by atoms with Crippen LogP contribution in [-0.4, -0.2) is 38.0 Å². The van der Waals surface area contributed by atoms with E-state index in [0.29, 0.717) is 39.5 Å². The monoisotopic (exact) mass is 516 g/mol. The molecule has 0 radical (unpaired) electrons. The summed E-state index contributed by atoms with van der Waals surface area (Å²) in [6, 6.07) is 18.3. The first-order valence-electron chi connectivity index (χ1n) is 10.9. The zero-order valence-electron chi connectivity index (χ0n) is 19.9. The van der Waals surface area contributed by atoms with Gasteiger partial charge in [-0.3, -0.25) is 4.79 Å². The van der Waals surface area contributed by atoms with Gasteiger partial charge < -0.3 is 24.8 Å². The van der Waals surface area contributed by atoms with Crippen LogP contribution < -0.4 is 20.1 Å². The smallest absolute Gasteiger partial charge is 0.341 e. The zero-order valence-corrected chi connectivity index (χ0v) is 20.7. The number of para-hydroxylation sites is 1. The van der Waals surface area contributed by atoms with Crippen molar-refractivity contribution in [3.05, 3.63) is 77.9 Å². The summed E-state index contributed by atoms with van der Waals surface area (Å²) in [5, 5.41) is 5.82. The largest absolute Gasteiger partial charge is 0.493 e. The highest BCUT2D eigenvalue weighted by Crippen LogP contribution is 2.29. The van der Waals surface area contributed by atoms with Crippen LogP contribution in [0.1, 0.15) is 22.8 Å². The van der Waals surface area contributed by atoms with E-state index in [1.54, 1.807) is 66.7 Å². The molecule has 0 bridgehead atoms. The fourth-order valence-electron chi connectivity index (χ4n) is 3.25. The molecule has 0 saturated heterocycles. The minimum atomic E-state index is -2.50. The number of thioether (sulfide) groups is 1. The van der Waals surface area contributed by atoms with Crippen LogP contribution in [0.25, 0.3) is 0 Å². The number of halogens is 2. The van der Waals surface area contributed by atoms with Crippen LogP contribution in [0.3, 0.4) is 0 Å². The van der Waals surface area contributed by atoms with Crippen LogP contribution in [0.15, 0.2) is 71.6 Å². The number of rotatable bonds is 11. The molecular formula is C26H26F2N2O5S. The van der Waals surface area contributed by atoms with Crippen LogP contribution in [0.2, 0.25) is 0 Å². The number of amides is 1. The number of anilines is 2. The van der Waals surface area contributed by atoms with Crippen LogP contribution in [0.5, 0.6) is 11.5 Å². The summed E-state index contributed by atoms with van der Waals surface area (Å²) in [5.74, 6) is -2.54. The molecule has 0 aliphatic rings. The summed E-state index contributed by atoms with van der Waals surface area (Å²) in [5.41, 5.74) is 2.07. The van der Waals surface area contributed by atoms with Crippen molar-refractivity contribution in [3.63, 3.8) is 0 Å². The lowest BCUT2D eigenvalue weighted by molar-refractivity contribution is -0.129. The molecular weight excluding hydrogens is 490 g/mol. The van der Waals surface area contributed by atoms with E-state index >= 15 is 0 Å². The highest BCUT2D eigenvalue weighted by molar-refractivity contribution is 7.99. The summed E-state index contributed by atoms with van der Waals surface area (Å²) in [4.78, 5) is 25.8. The van der Waals surface area contributed by atoms with Gasteiger partial charge in [-0.15, -0.1) is 0 Å². The summed E-state index contributed by atoms with van der Waals surface area (Å²) in [6.45, 7) is 1.69. The topological polar surface area (TPSA) is 85.9 Å². The molecule has 3 aromatic carbocycles. The maximum atomic E-state index is 12.8. The number of carbonyl (C=O) groups excluding carboxylic acids is 2. The van der Waals surface area contributed by atoms with E-state index in [1.807, 2.05) is 0 Å². The van der Waals surface area contributed by atoms with Gasteiger partial charge in [0.2, 0.25) is 0 Å². The number of methoxy groups -OCH3 is 2. The molecule has 1 unspecified atom stereocenters. The number of hydrogen-bond donors (Lipinski definition) is 2. The van der Waals surface area contributed by atoms with Crippen LogP contribution in [0.4, 0.5) is 20.2 Å². The maximum Gasteiger partial charge on any atom is 0.341 e. The summed E-state index contributed by atoms with van der Waals surface area (Å²) >= 11 is 0.452. The fourth-order valence-corrected chi connectivity index (χ4v) is 3.75. The van der Waals surface area contributed by atoms with E-state index in [0.717, 1.165) is 5.56 Å². The molecule has 0 fully saturated rings. The number of alkyl halides is 2. The number of hydrogen-bond acceptors (Lipinski definition) is 7. The number of benzene rings is 3. The van der Waals surface area contributed by atoms with Crippen molar-refractivity contribution in [1.82, 2.24) is 5.32 Å². The standard InChI is InChI=1S/C26H26F2N2O5S/c1-16(24(31)29-15-17-8-13-22(33-2)23(14-17)34-3)35-25(32)20-6-4-5-7-21(20)30-18-9-11-19(12-10-18)36-26(27)28/h4-14,16,26,30H,15H2,1-3H3,(H,29,31). The van der Waals surface area contributed by atoms with Gasteiger partial charge >= 0.3 is 5.97 Å².